The van der Waals surface area contributed by atoms with Gasteiger partial charge in [0, 0.05) is 13.5 Å². The Bertz CT molecular complexity index is 415. The van der Waals surface area contributed by atoms with Crippen molar-refractivity contribution in [1.29, 1.82) is 0 Å². The standard InChI is InChI=1S/C13H17NO3/c1-10-5-3-4-6-11(10)7-8-12(15)14(2)9-13(16)17/h3-6H,7-9H2,1-2H3,(H,16,17). The largest absolute Gasteiger partial charge is 0.480 e. The first-order chi connectivity index (χ1) is 8.00. The highest BCUT2D eigenvalue weighted by Gasteiger charge is 2.12. The Morgan fingerprint density at radius 1 is 1.29 bits per heavy atom. The van der Waals surface area contributed by atoms with Crippen LogP contribution in [0, 0.1) is 6.92 Å². The topological polar surface area (TPSA) is 57.6 Å². The van der Waals surface area contributed by atoms with E-state index in [-0.39, 0.29) is 12.5 Å². The average Bonchev–Trinajstić information content (AvgIpc) is 2.26. The van der Waals surface area contributed by atoms with E-state index in [1.54, 1.807) is 0 Å². The van der Waals surface area contributed by atoms with E-state index in [9.17, 15) is 9.59 Å². The van der Waals surface area contributed by atoms with Gasteiger partial charge in [-0.1, -0.05) is 24.3 Å². The van der Waals surface area contributed by atoms with Crippen molar-refractivity contribution in [3.8, 4) is 0 Å². The molecule has 0 saturated carbocycles. The van der Waals surface area contributed by atoms with Crippen molar-refractivity contribution in [3.05, 3.63) is 35.4 Å². The second-order valence-corrected chi connectivity index (χ2v) is 4.07. The van der Waals surface area contributed by atoms with Crippen LogP contribution >= 0.6 is 0 Å². The van der Waals surface area contributed by atoms with E-state index in [1.165, 1.54) is 11.9 Å². The predicted molar refractivity (Wildman–Crippen MR) is 64.8 cm³/mol. The minimum atomic E-state index is -0.989. The minimum absolute atomic E-state index is 0.143. The van der Waals surface area contributed by atoms with Crippen molar-refractivity contribution in [3.63, 3.8) is 0 Å². The van der Waals surface area contributed by atoms with E-state index in [4.69, 9.17) is 5.11 Å². The fourth-order valence-electron chi connectivity index (χ4n) is 1.61. The van der Waals surface area contributed by atoms with Gasteiger partial charge >= 0.3 is 5.97 Å². The van der Waals surface area contributed by atoms with E-state index in [1.807, 2.05) is 31.2 Å². The van der Waals surface area contributed by atoms with Crippen LogP contribution in [-0.4, -0.2) is 35.5 Å². The predicted octanol–water partition coefficient (Wildman–Crippen LogP) is 1.47. The molecule has 0 atom stereocenters. The van der Waals surface area contributed by atoms with E-state index in [2.05, 4.69) is 0 Å². The number of aliphatic carboxylic acids is 1. The molecule has 1 aromatic rings. The van der Waals surface area contributed by atoms with Crippen LogP contribution in [0.2, 0.25) is 0 Å². The smallest absolute Gasteiger partial charge is 0.323 e. The lowest BCUT2D eigenvalue weighted by Crippen LogP contribution is -2.32. The molecule has 1 N–H and O–H groups in total. The first-order valence-corrected chi connectivity index (χ1v) is 5.51. The van der Waals surface area contributed by atoms with Crippen LogP contribution in [0.25, 0.3) is 0 Å². The van der Waals surface area contributed by atoms with Gasteiger partial charge in [0.2, 0.25) is 5.91 Å². The summed E-state index contributed by atoms with van der Waals surface area (Å²) in [4.78, 5) is 23.3. The van der Waals surface area contributed by atoms with Gasteiger partial charge in [-0.25, -0.2) is 0 Å². The molecule has 1 rings (SSSR count). The van der Waals surface area contributed by atoms with Gasteiger partial charge < -0.3 is 10.0 Å². The zero-order valence-corrected chi connectivity index (χ0v) is 10.1. The van der Waals surface area contributed by atoms with Crippen LogP contribution in [0.5, 0.6) is 0 Å². The molecule has 0 fully saturated rings. The number of benzene rings is 1. The first kappa shape index (κ1) is 13.2. The zero-order valence-electron chi connectivity index (χ0n) is 10.1. The third-order valence-electron chi connectivity index (χ3n) is 2.67. The SMILES string of the molecule is Cc1ccccc1CCC(=O)N(C)CC(=O)O. The van der Waals surface area contributed by atoms with Crippen molar-refractivity contribution in [2.75, 3.05) is 13.6 Å². The Balaban J connectivity index is 2.48. The van der Waals surface area contributed by atoms with Crippen molar-refractivity contribution < 1.29 is 14.7 Å². The maximum atomic E-state index is 11.6. The highest BCUT2D eigenvalue weighted by atomic mass is 16.4. The number of carbonyl (C=O) groups is 2. The molecule has 4 heteroatoms. The molecule has 1 amide bonds. The Labute approximate surface area is 101 Å². The summed E-state index contributed by atoms with van der Waals surface area (Å²) in [5.41, 5.74) is 2.28. The van der Waals surface area contributed by atoms with Gasteiger partial charge in [-0.3, -0.25) is 9.59 Å². The number of hydrogen-bond acceptors (Lipinski definition) is 2. The molecule has 0 aliphatic rings. The quantitative estimate of drug-likeness (QED) is 0.840. The number of aryl methyl sites for hydroxylation is 2. The molecular formula is C13H17NO3. The molecule has 4 nitrogen and oxygen atoms in total. The molecule has 0 aromatic heterocycles. The van der Waals surface area contributed by atoms with Crippen LogP contribution in [0.3, 0.4) is 0 Å². The second-order valence-electron chi connectivity index (χ2n) is 4.07. The molecule has 0 saturated heterocycles. The lowest BCUT2D eigenvalue weighted by atomic mass is 10.0. The number of hydrogen-bond donors (Lipinski definition) is 1. The third kappa shape index (κ3) is 4.26. The molecule has 92 valence electrons. The molecular weight excluding hydrogens is 218 g/mol. The van der Waals surface area contributed by atoms with Crippen LogP contribution < -0.4 is 0 Å². The second kappa shape index (κ2) is 6.03. The fraction of sp³-hybridized carbons (Fsp3) is 0.385. The number of carbonyl (C=O) groups excluding carboxylic acids is 1. The molecule has 0 aliphatic heterocycles. The van der Waals surface area contributed by atoms with Gasteiger partial charge in [0.1, 0.15) is 6.54 Å². The molecule has 0 unspecified atom stereocenters. The first-order valence-electron chi connectivity index (χ1n) is 5.51. The summed E-state index contributed by atoms with van der Waals surface area (Å²) < 4.78 is 0. The molecule has 1 aromatic carbocycles. The van der Waals surface area contributed by atoms with Crippen LogP contribution in [0.15, 0.2) is 24.3 Å². The molecule has 0 radical (unpaired) electrons. The Morgan fingerprint density at radius 2 is 1.94 bits per heavy atom. The van der Waals surface area contributed by atoms with Gasteiger partial charge in [0.15, 0.2) is 0 Å². The Kier molecular flexibility index (Phi) is 4.69. The van der Waals surface area contributed by atoms with E-state index in [0.29, 0.717) is 12.8 Å². The molecule has 0 heterocycles. The van der Waals surface area contributed by atoms with Crippen molar-refractivity contribution >= 4 is 11.9 Å². The maximum Gasteiger partial charge on any atom is 0.323 e. The van der Waals surface area contributed by atoms with E-state index < -0.39 is 5.97 Å². The summed E-state index contributed by atoms with van der Waals surface area (Å²) >= 11 is 0. The van der Waals surface area contributed by atoms with Gasteiger partial charge in [-0.05, 0) is 24.5 Å². The summed E-state index contributed by atoms with van der Waals surface area (Å²) in [5.74, 6) is -1.13. The minimum Gasteiger partial charge on any atom is -0.480 e. The van der Waals surface area contributed by atoms with Crippen LogP contribution in [0.1, 0.15) is 17.5 Å². The Morgan fingerprint density at radius 3 is 2.53 bits per heavy atom. The maximum absolute atomic E-state index is 11.6. The van der Waals surface area contributed by atoms with Crippen LogP contribution in [-0.2, 0) is 16.0 Å². The summed E-state index contributed by atoms with van der Waals surface area (Å²) in [6.07, 6.45) is 0.990. The third-order valence-corrected chi connectivity index (χ3v) is 2.67. The highest BCUT2D eigenvalue weighted by Crippen LogP contribution is 2.10. The molecule has 0 aliphatic carbocycles. The van der Waals surface area contributed by atoms with Gasteiger partial charge in [-0.2, -0.15) is 0 Å². The van der Waals surface area contributed by atoms with Gasteiger partial charge in [-0.15, -0.1) is 0 Å². The number of carboxylic acid groups (broad SMARTS) is 1. The molecule has 17 heavy (non-hydrogen) atoms. The number of amides is 1. The number of likely N-dealkylation sites (N-methyl/N-ethyl adjacent to an activating group) is 1. The normalized spacial score (nSPS) is 10.0. The van der Waals surface area contributed by atoms with Crippen molar-refractivity contribution in [2.24, 2.45) is 0 Å². The van der Waals surface area contributed by atoms with Gasteiger partial charge in [0.25, 0.3) is 0 Å². The number of rotatable bonds is 5. The Hall–Kier alpha value is -1.84. The molecule has 0 spiro atoms. The zero-order chi connectivity index (χ0) is 12.8. The average molecular weight is 235 g/mol. The highest BCUT2D eigenvalue weighted by molar-refractivity contribution is 5.81. The molecule has 0 bridgehead atoms. The van der Waals surface area contributed by atoms with E-state index >= 15 is 0 Å². The fourth-order valence-corrected chi connectivity index (χ4v) is 1.61. The van der Waals surface area contributed by atoms with Gasteiger partial charge in [0.05, 0.1) is 0 Å². The lowest BCUT2D eigenvalue weighted by molar-refractivity contribution is -0.143. The number of carboxylic acids is 1. The summed E-state index contributed by atoms with van der Waals surface area (Å²) in [7, 11) is 1.51. The summed E-state index contributed by atoms with van der Waals surface area (Å²) in [5, 5.41) is 8.57. The summed E-state index contributed by atoms with van der Waals surface area (Å²) in [6.45, 7) is 1.76. The lowest BCUT2D eigenvalue weighted by Gasteiger charge is -2.14. The number of nitrogens with zero attached hydrogens (tertiary/aromatic N) is 1. The summed E-state index contributed by atoms with van der Waals surface area (Å²) in [6, 6.07) is 7.88. The monoisotopic (exact) mass is 235 g/mol. The van der Waals surface area contributed by atoms with E-state index in [0.717, 1.165) is 11.1 Å². The van der Waals surface area contributed by atoms with Crippen molar-refractivity contribution in [1.82, 2.24) is 4.90 Å². The van der Waals surface area contributed by atoms with Crippen LogP contribution in [0.4, 0.5) is 0 Å². The van der Waals surface area contributed by atoms with Crippen molar-refractivity contribution in [2.45, 2.75) is 19.8 Å².